The number of aliphatic hydroxyl groups is 1. The first kappa shape index (κ1) is 23.0. The van der Waals surface area contributed by atoms with E-state index in [2.05, 4.69) is 50.9 Å². The summed E-state index contributed by atoms with van der Waals surface area (Å²) >= 11 is 0. The van der Waals surface area contributed by atoms with Crippen LogP contribution in [0.25, 0.3) is 5.57 Å². The summed E-state index contributed by atoms with van der Waals surface area (Å²) in [5.74, 6) is 0. The predicted molar refractivity (Wildman–Crippen MR) is 126 cm³/mol. The van der Waals surface area contributed by atoms with Crippen molar-refractivity contribution in [3.05, 3.63) is 52.0 Å². The molecule has 1 spiro atoms. The van der Waals surface area contributed by atoms with Crippen LogP contribution in [0.4, 0.5) is 0 Å². The zero-order valence-corrected chi connectivity index (χ0v) is 19.4. The summed E-state index contributed by atoms with van der Waals surface area (Å²) in [5.41, 5.74) is 2.43. The van der Waals surface area contributed by atoms with E-state index in [9.17, 15) is 9.90 Å². The molecule has 2 heterocycles. The number of likely N-dealkylation sites (tertiary alicyclic amines) is 1. The Morgan fingerprint density at radius 2 is 1.97 bits per heavy atom. The third-order valence-electron chi connectivity index (χ3n) is 7.40. The molecule has 0 amide bonds. The number of pyridine rings is 1. The molecule has 1 saturated heterocycles. The SMILES string of the molecule is CCC/C=C\C=C(/CC)c1cc(=O)n(CC2(O)CCN(C)CC23CCCC3)cc1C. The van der Waals surface area contributed by atoms with E-state index < -0.39 is 5.60 Å². The Kier molecular flexibility index (Phi) is 7.41. The fraction of sp³-hybridized carbons (Fsp3) is 0.654. The number of unbranched alkanes of at least 4 members (excludes halogenated alkanes) is 1. The molecule has 1 aliphatic carbocycles. The molecule has 0 aromatic carbocycles. The molecule has 1 N–H and O–H groups in total. The van der Waals surface area contributed by atoms with E-state index in [4.69, 9.17) is 0 Å². The van der Waals surface area contributed by atoms with Crippen LogP contribution in [-0.2, 0) is 6.54 Å². The van der Waals surface area contributed by atoms with E-state index >= 15 is 0 Å². The van der Waals surface area contributed by atoms with Gasteiger partial charge in [-0.15, -0.1) is 0 Å². The first-order valence-corrected chi connectivity index (χ1v) is 11.8. The molecule has 0 bridgehead atoms. The molecule has 2 aliphatic rings. The molecule has 1 aromatic heterocycles. The molecule has 4 nitrogen and oxygen atoms in total. The largest absolute Gasteiger partial charge is 0.387 e. The molecule has 1 saturated carbocycles. The lowest BCUT2D eigenvalue weighted by atomic mass is 9.66. The predicted octanol–water partition coefficient (Wildman–Crippen LogP) is 4.93. The highest BCUT2D eigenvalue weighted by molar-refractivity contribution is 5.68. The molecular formula is C26H40N2O2. The smallest absolute Gasteiger partial charge is 0.251 e. The zero-order valence-electron chi connectivity index (χ0n) is 19.4. The molecular weight excluding hydrogens is 372 g/mol. The van der Waals surface area contributed by atoms with E-state index in [-0.39, 0.29) is 11.0 Å². The first-order chi connectivity index (χ1) is 14.3. The second kappa shape index (κ2) is 9.65. The number of hydrogen-bond acceptors (Lipinski definition) is 3. The molecule has 1 aromatic rings. The maximum atomic E-state index is 13.1. The van der Waals surface area contributed by atoms with Crippen LogP contribution in [0.1, 0.15) is 76.3 Å². The third kappa shape index (κ3) is 4.65. The van der Waals surface area contributed by atoms with Crippen LogP contribution in [0.2, 0.25) is 0 Å². The summed E-state index contributed by atoms with van der Waals surface area (Å²) in [5, 5.41) is 11.8. The number of allylic oxidation sites excluding steroid dienone is 4. The van der Waals surface area contributed by atoms with Gasteiger partial charge in [-0.3, -0.25) is 4.79 Å². The third-order valence-corrected chi connectivity index (χ3v) is 7.40. The van der Waals surface area contributed by atoms with Crippen molar-refractivity contribution in [1.82, 2.24) is 9.47 Å². The van der Waals surface area contributed by atoms with Crippen molar-refractivity contribution in [2.75, 3.05) is 20.1 Å². The zero-order chi connectivity index (χ0) is 21.8. The van der Waals surface area contributed by atoms with Crippen molar-refractivity contribution in [1.29, 1.82) is 0 Å². The number of rotatable bonds is 7. The molecule has 3 rings (SSSR count). The van der Waals surface area contributed by atoms with Crippen molar-refractivity contribution in [2.24, 2.45) is 5.41 Å². The molecule has 166 valence electrons. The average Bonchev–Trinajstić information content (AvgIpc) is 3.18. The van der Waals surface area contributed by atoms with Crippen LogP contribution >= 0.6 is 0 Å². The monoisotopic (exact) mass is 412 g/mol. The molecule has 0 radical (unpaired) electrons. The lowest BCUT2D eigenvalue weighted by molar-refractivity contribution is -0.139. The van der Waals surface area contributed by atoms with Gasteiger partial charge in [0.1, 0.15) is 0 Å². The molecule has 30 heavy (non-hydrogen) atoms. The normalized spacial score (nSPS) is 24.9. The Labute approximate surface area is 182 Å². The summed E-state index contributed by atoms with van der Waals surface area (Å²) in [4.78, 5) is 15.4. The highest BCUT2D eigenvalue weighted by Gasteiger charge is 2.54. The van der Waals surface area contributed by atoms with Crippen LogP contribution in [0.15, 0.2) is 35.3 Å². The first-order valence-electron chi connectivity index (χ1n) is 11.8. The van der Waals surface area contributed by atoms with Gasteiger partial charge in [0.15, 0.2) is 0 Å². The van der Waals surface area contributed by atoms with E-state index in [0.717, 1.165) is 62.7 Å². The fourth-order valence-corrected chi connectivity index (χ4v) is 5.59. The van der Waals surface area contributed by atoms with Crippen molar-refractivity contribution in [3.63, 3.8) is 0 Å². The van der Waals surface area contributed by atoms with Crippen molar-refractivity contribution in [2.45, 2.75) is 84.3 Å². The van der Waals surface area contributed by atoms with Crippen molar-refractivity contribution < 1.29 is 5.11 Å². The summed E-state index contributed by atoms with van der Waals surface area (Å²) in [6.45, 7) is 8.61. The van der Waals surface area contributed by atoms with Gasteiger partial charge in [-0.2, -0.15) is 0 Å². The topological polar surface area (TPSA) is 45.5 Å². The van der Waals surface area contributed by atoms with Gasteiger partial charge < -0.3 is 14.6 Å². The highest BCUT2D eigenvalue weighted by Crippen LogP contribution is 2.51. The van der Waals surface area contributed by atoms with Gasteiger partial charge in [-0.25, -0.2) is 0 Å². The van der Waals surface area contributed by atoms with Crippen LogP contribution in [-0.4, -0.2) is 40.3 Å². The summed E-state index contributed by atoms with van der Waals surface area (Å²) in [7, 11) is 2.15. The number of hydrogen-bond donors (Lipinski definition) is 1. The maximum absolute atomic E-state index is 13.1. The molecule has 1 unspecified atom stereocenters. The van der Waals surface area contributed by atoms with E-state index in [1.165, 1.54) is 18.4 Å². The van der Waals surface area contributed by atoms with Gasteiger partial charge in [0.2, 0.25) is 0 Å². The molecule has 2 fully saturated rings. The van der Waals surface area contributed by atoms with E-state index in [0.29, 0.717) is 6.54 Å². The number of nitrogens with zero attached hydrogens (tertiary/aromatic N) is 2. The van der Waals surface area contributed by atoms with Crippen LogP contribution in [0, 0.1) is 12.3 Å². The Bertz CT molecular complexity index is 845. The van der Waals surface area contributed by atoms with Crippen LogP contribution in [0.3, 0.4) is 0 Å². The van der Waals surface area contributed by atoms with E-state index in [1.807, 2.05) is 6.20 Å². The Balaban J connectivity index is 1.89. The van der Waals surface area contributed by atoms with Crippen LogP contribution < -0.4 is 5.56 Å². The second-order valence-electron chi connectivity index (χ2n) is 9.61. The number of aromatic nitrogens is 1. The van der Waals surface area contributed by atoms with E-state index in [1.54, 1.807) is 10.6 Å². The van der Waals surface area contributed by atoms with Gasteiger partial charge in [0, 0.05) is 30.8 Å². The van der Waals surface area contributed by atoms with Crippen molar-refractivity contribution >= 4 is 5.57 Å². The lowest BCUT2D eigenvalue weighted by Gasteiger charge is -2.51. The van der Waals surface area contributed by atoms with Gasteiger partial charge in [0.05, 0.1) is 12.1 Å². The summed E-state index contributed by atoms with van der Waals surface area (Å²) in [6, 6.07) is 1.78. The number of piperidine rings is 1. The fourth-order valence-electron chi connectivity index (χ4n) is 5.59. The Morgan fingerprint density at radius 3 is 2.63 bits per heavy atom. The van der Waals surface area contributed by atoms with Crippen LogP contribution in [0.5, 0.6) is 0 Å². The lowest BCUT2D eigenvalue weighted by Crippen LogP contribution is -2.60. The van der Waals surface area contributed by atoms with Gasteiger partial charge in [-0.1, -0.05) is 51.3 Å². The maximum Gasteiger partial charge on any atom is 0.251 e. The Hall–Kier alpha value is -1.65. The minimum Gasteiger partial charge on any atom is -0.387 e. The quantitative estimate of drug-likeness (QED) is 0.646. The van der Waals surface area contributed by atoms with Gasteiger partial charge >= 0.3 is 0 Å². The summed E-state index contributed by atoms with van der Waals surface area (Å²) < 4.78 is 1.77. The average molecular weight is 413 g/mol. The second-order valence-corrected chi connectivity index (χ2v) is 9.61. The standard InChI is InChI=1S/C26H40N2O2/c1-5-7-8-9-12-22(6-2)23-17-24(29)28(18-21(23)3)20-26(30)15-16-27(4)19-25(26)13-10-11-14-25/h8-9,12,17-18,30H,5-7,10-11,13-16,19-20H2,1-4H3/b9-8-,22-12+. The minimum absolute atomic E-state index is 0.00649. The Morgan fingerprint density at radius 1 is 1.23 bits per heavy atom. The molecule has 4 heteroatoms. The van der Waals surface area contributed by atoms with Crippen molar-refractivity contribution in [3.8, 4) is 0 Å². The van der Waals surface area contributed by atoms with Gasteiger partial charge in [-0.05, 0) is 62.8 Å². The summed E-state index contributed by atoms with van der Waals surface area (Å²) in [6.07, 6.45) is 16.7. The molecule has 1 aliphatic heterocycles. The van der Waals surface area contributed by atoms with Gasteiger partial charge in [0.25, 0.3) is 5.56 Å². The number of aryl methyl sites for hydroxylation is 1. The minimum atomic E-state index is -0.805. The highest BCUT2D eigenvalue weighted by atomic mass is 16.3. The molecule has 1 atom stereocenters.